The molecule has 0 aliphatic rings. The molecule has 0 spiro atoms. The molecular formula is C16H14N4O3S. The smallest absolute Gasteiger partial charge is 0.275 e. The minimum Gasteiger partial charge on any atom is -0.321 e. The lowest BCUT2D eigenvalue weighted by molar-refractivity contribution is 0.102. The van der Waals surface area contributed by atoms with E-state index in [1.165, 1.54) is 18.3 Å². The number of anilines is 2. The first kappa shape index (κ1) is 15.8. The molecule has 2 aromatic carbocycles. The van der Waals surface area contributed by atoms with E-state index in [0.29, 0.717) is 5.69 Å². The van der Waals surface area contributed by atoms with Gasteiger partial charge in [0.05, 0.1) is 16.8 Å². The van der Waals surface area contributed by atoms with Crippen LogP contribution in [0.1, 0.15) is 10.5 Å². The normalized spacial score (nSPS) is 11.0. The van der Waals surface area contributed by atoms with Crippen LogP contribution in [0.4, 0.5) is 11.4 Å². The van der Waals surface area contributed by atoms with Crippen molar-refractivity contribution >= 4 is 27.3 Å². The van der Waals surface area contributed by atoms with Gasteiger partial charge in [0.15, 0.2) is 0 Å². The van der Waals surface area contributed by atoms with Crippen molar-refractivity contribution in [2.75, 3.05) is 10.0 Å². The van der Waals surface area contributed by atoms with E-state index in [4.69, 9.17) is 0 Å². The number of carbonyl (C=O) groups excluding carboxylic acids is 1. The van der Waals surface area contributed by atoms with Crippen LogP contribution in [-0.2, 0) is 10.0 Å². The maximum atomic E-state index is 12.3. The fourth-order valence-electron chi connectivity index (χ4n) is 2.06. The summed E-state index contributed by atoms with van der Waals surface area (Å²) in [7, 11) is -3.80. The highest BCUT2D eigenvalue weighted by molar-refractivity contribution is 7.92. The van der Waals surface area contributed by atoms with Crippen LogP contribution in [0.3, 0.4) is 0 Å². The molecule has 0 atom stereocenters. The lowest BCUT2D eigenvalue weighted by Gasteiger charge is -2.08. The molecule has 1 heterocycles. The van der Waals surface area contributed by atoms with Gasteiger partial charge in [0.1, 0.15) is 5.69 Å². The number of nitrogens with one attached hydrogen (secondary N) is 3. The summed E-state index contributed by atoms with van der Waals surface area (Å²) in [4.78, 5) is 12.4. The van der Waals surface area contributed by atoms with Crippen LogP contribution >= 0.6 is 0 Å². The quantitative estimate of drug-likeness (QED) is 0.662. The van der Waals surface area contributed by atoms with Crippen LogP contribution in [0.5, 0.6) is 0 Å². The van der Waals surface area contributed by atoms with Gasteiger partial charge in [-0.3, -0.25) is 14.6 Å². The first-order chi connectivity index (χ1) is 11.6. The van der Waals surface area contributed by atoms with E-state index < -0.39 is 15.9 Å². The second kappa shape index (κ2) is 6.55. The first-order valence-corrected chi connectivity index (χ1v) is 8.52. The number of hydrogen-bond acceptors (Lipinski definition) is 4. The van der Waals surface area contributed by atoms with Gasteiger partial charge in [0.25, 0.3) is 15.9 Å². The number of nitrogens with zero attached hydrogens (tertiary/aromatic N) is 1. The molecule has 0 saturated heterocycles. The number of sulfonamides is 1. The van der Waals surface area contributed by atoms with E-state index in [1.807, 2.05) is 6.07 Å². The number of rotatable bonds is 5. The fourth-order valence-corrected chi connectivity index (χ4v) is 3.13. The number of carbonyl (C=O) groups is 1. The van der Waals surface area contributed by atoms with Crippen molar-refractivity contribution in [2.45, 2.75) is 4.90 Å². The summed E-state index contributed by atoms with van der Waals surface area (Å²) < 4.78 is 27.1. The Hall–Kier alpha value is -3.13. The highest BCUT2D eigenvalue weighted by Gasteiger charge is 2.20. The molecule has 8 heteroatoms. The largest absolute Gasteiger partial charge is 0.321 e. The number of benzene rings is 2. The number of hydrogen-bond donors (Lipinski definition) is 3. The summed E-state index contributed by atoms with van der Waals surface area (Å²) in [6.07, 6.45) is 1.25. The van der Waals surface area contributed by atoms with Gasteiger partial charge in [0.2, 0.25) is 0 Å². The number of amides is 1. The van der Waals surface area contributed by atoms with Crippen molar-refractivity contribution < 1.29 is 13.2 Å². The molecule has 0 aliphatic carbocycles. The second-order valence-electron chi connectivity index (χ2n) is 4.90. The molecular weight excluding hydrogens is 328 g/mol. The zero-order valence-corrected chi connectivity index (χ0v) is 13.2. The van der Waals surface area contributed by atoms with Crippen molar-refractivity contribution in [2.24, 2.45) is 0 Å². The van der Waals surface area contributed by atoms with Crippen molar-refractivity contribution in [3.63, 3.8) is 0 Å². The van der Waals surface area contributed by atoms with Gasteiger partial charge in [-0.25, -0.2) is 8.42 Å². The van der Waals surface area contributed by atoms with Crippen molar-refractivity contribution in [3.05, 3.63) is 72.6 Å². The third-order valence-electron chi connectivity index (χ3n) is 3.20. The number of para-hydroxylation sites is 1. The molecule has 3 aromatic rings. The van der Waals surface area contributed by atoms with Gasteiger partial charge in [-0.1, -0.05) is 36.4 Å². The van der Waals surface area contributed by atoms with Crippen LogP contribution in [0.25, 0.3) is 0 Å². The van der Waals surface area contributed by atoms with Crippen LogP contribution in [-0.4, -0.2) is 24.5 Å². The molecule has 1 aromatic heterocycles. The molecule has 0 fully saturated rings. The molecule has 1 amide bonds. The lowest BCUT2D eigenvalue weighted by atomic mass is 10.3. The highest BCUT2D eigenvalue weighted by atomic mass is 32.2. The number of H-pyrrole nitrogens is 1. The Bertz CT molecular complexity index is 938. The van der Waals surface area contributed by atoms with Gasteiger partial charge in [-0.2, -0.15) is 5.10 Å². The van der Waals surface area contributed by atoms with Crippen molar-refractivity contribution in [3.8, 4) is 0 Å². The molecule has 122 valence electrons. The topological polar surface area (TPSA) is 104 Å². The Balaban J connectivity index is 1.82. The van der Waals surface area contributed by atoms with Gasteiger partial charge in [-0.15, -0.1) is 0 Å². The zero-order chi connectivity index (χ0) is 17.0. The molecule has 0 aliphatic heterocycles. The monoisotopic (exact) mass is 342 g/mol. The van der Waals surface area contributed by atoms with Gasteiger partial charge >= 0.3 is 0 Å². The summed E-state index contributed by atoms with van der Waals surface area (Å²) in [5.41, 5.74) is 0.694. The van der Waals surface area contributed by atoms with Gasteiger partial charge in [-0.05, 0) is 24.3 Å². The van der Waals surface area contributed by atoms with E-state index >= 15 is 0 Å². The maximum Gasteiger partial charge on any atom is 0.275 e. The van der Waals surface area contributed by atoms with Gasteiger partial charge < -0.3 is 5.32 Å². The predicted octanol–water partition coefficient (Wildman–Crippen LogP) is 2.46. The summed E-state index contributed by atoms with van der Waals surface area (Å²) >= 11 is 0. The first-order valence-electron chi connectivity index (χ1n) is 7.04. The Morgan fingerprint density at radius 3 is 2.25 bits per heavy atom. The average Bonchev–Trinajstić information content (AvgIpc) is 3.04. The van der Waals surface area contributed by atoms with E-state index in [2.05, 4.69) is 20.2 Å². The average molecular weight is 342 g/mol. The Morgan fingerprint density at radius 2 is 1.58 bits per heavy atom. The summed E-state index contributed by atoms with van der Waals surface area (Å²) in [6, 6.07) is 16.7. The SMILES string of the molecule is O=C(Nc1ccccc1)c1[nH]ncc1NS(=O)(=O)c1ccccc1. The Morgan fingerprint density at radius 1 is 0.958 bits per heavy atom. The summed E-state index contributed by atoms with van der Waals surface area (Å²) in [6.45, 7) is 0. The lowest BCUT2D eigenvalue weighted by Crippen LogP contribution is -2.18. The second-order valence-corrected chi connectivity index (χ2v) is 6.58. The minimum absolute atomic E-state index is 0.0263. The standard InChI is InChI=1S/C16H14N4O3S/c21-16(18-12-7-3-1-4-8-12)15-14(11-17-19-15)20-24(22,23)13-9-5-2-6-10-13/h1-11,20H,(H,17,19)(H,18,21). The zero-order valence-electron chi connectivity index (χ0n) is 12.4. The predicted molar refractivity (Wildman–Crippen MR) is 90.2 cm³/mol. The molecule has 3 rings (SSSR count). The number of aromatic nitrogens is 2. The molecule has 0 radical (unpaired) electrons. The molecule has 0 bridgehead atoms. The van der Waals surface area contributed by atoms with Crippen LogP contribution in [0.15, 0.2) is 71.8 Å². The number of aromatic amines is 1. The maximum absolute atomic E-state index is 12.3. The third-order valence-corrected chi connectivity index (χ3v) is 4.58. The van der Waals surface area contributed by atoms with E-state index in [-0.39, 0.29) is 16.3 Å². The van der Waals surface area contributed by atoms with Crippen LogP contribution < -0.4 is 10.0 Å². The fraction of sp³-hybridized carbons (Fsp3) is 0. The third kappa shape index (κ3) is 3.44. The van der Waals surface area contributed by atoms with E-state index in [9.17, 15) is 13.2 Å². The Labute approximate surface area is 138 Å². The molecule has 7 nitrogen and oxygen atoms in total. The van der Waals surface area contributed by atoms with Crippen LogP contribution in [0, 0.1) is 0 Å². The van der Waals surface area contributed by atoms with Crippen molar-refractivity contribution in [1.82, 2.24) is 10.2 Å². The van der Waals surface area contributed by atoms with Crippen molar-refractivity contribution in [1.29, 1.82) is 0 Å². The molecule has 24 heavy (non-hydrogen) atoms. The van der Waals surface area contributed by atoms with E-state index in [1.54, 1.807) is 42.5 Å². The minimum atomic E-state index is -3.80. The van der Waals surface area contributed by atoms with Gasteiger partial charge in [0, 0.05) is 5.69 Å². The summed E-state index contributed by atoms with van der Waals surface area (Å²) in [5, 5.41) is 8.93. The highest BCUT2D eigenvalue weighted by Crippen LogP contribution is 2.19. The van der Waals surface area contributed by atoms with Crippen LogP contribution in [0.2, 0.25) is 0 Å². The Kier molecular flexibility index (Phi) is 4.30. The summed E-state index contributed by atoms with van der Waals surface area (Å²) in [5.74, 6) is -0.496. The molecule has 0 unspecified atom stereocenters. The van der Waals surface area contributed by atoms with E-state index in [0.717, 1.165) is 0 Å². The molecule has 3 N–H and O–H groups in total. The molecule has 0 saturated carbocycles.